The van der Waals surface area contributed by atoms with Crippen molar-refractivity contribution in [1.82, 2.24) is 5.32 Å². The third kappa shape index (κ3) is 6.60. The Morgan fingerprint density at radius 1 is 1.21 bits per heavy atom. The first-order valence-corrected chi connectivity index (χ1v) is 7.46. The van der Waals surface area contributed by atoms with Crippen molar-refractivity contribution in [3.8, 4) is 0 Å². The monoisotopic (exact) mass is 269 g/mol. The molecule has 1 aliphatic rings. The van der Waals surface area contributed by atoms with Crippen molar-refractivity contribution < 1.29 is 14.3 Å². The van der Waals surface area contributed by atoms with E-state index in [4.69, 9.17) is 4.74 Å². The van der Waals surface area contributed by atoms with Crippen molar-refractivity contribution in [2.45, 2.75) is 65.4 Å². The van der Waals surface area contributed by atoms with Crippen molar-refractivity contribution in [2.75, 3.05) is 6.54 Å². The maximum atomic E-state index is 11.7. The number of carbonyl (C=O) groups excluding carboxylic acids is 2. The molecular weight excluding hydrogens is 242 g/mol. The van der Waals surface area contributed by atoms with Crippen molar-refractivity contribution >= 4 is 11.9 Å². The van der Waals surface area contributed by atoms with Crippen LogP contribution in [-0.2, 0) is 14.3 Å². The second-order valence-corrected chi connectivity index (χ2v) is 5.95. The third-order valence-electron chi connectivity index (χ3n) is 3.49. The molecule has 19 heavy (non-hydrogen) atoms. The molecule has 4 nitrogen and oxygen atoms in total. The van der Waals surface area contributed by atoms with E-state index in [2.05, 4.69) is 19.2 Å². The van der Waals surface area contributed by atoms with Gasteiger partial charge in [0.05, 0.1) is 12.5 Å². The average molecular weight is 269 g/mol. The van der Waals surface area contributed by atoms with Gasteiger partial charge in [-0.3, -0.25) is 9.59 Å². The molecule has 0 saturated heterocycles. The van der Waals surface area contributed by atoms with Crippen LogP contribution in [0.15, 0.2) is 0 Å². The van der Waals surface area contributed by atoms with Crippen molar-refractivity contribution in [1.29, 1.82) is 0 Å². The first-order chi connectivity index (χ1) is 8.99. The maximum Gasteiger partial charge on any atom is 0.307 e. The molecule has 1 saturated carbocycles. The summed E-state index contributed by atoms with van der Waals surface area (Å²) in [6.45, 7) is 6.51. The first kappa shape index (κ1) is 16.0. The molecule has 0 heterocycles. The third-order valence-corrected chi connectivity index (χ3v) is 3.49. The van der Waals surface area contributed by atoms with E-state index >= 15 is 0 Å². The Kier molecular flexibility index (Phi) is 6.89. The molecule has 0 unspecified atom stereocenters. The molecule has 1 amide bonds. The minimum atomic E-state index is -0.222. The van der Waals surface area contributed by atoms with Gasteiger partial charge in [0.25, 0.3) is 0 Å². The molecule has 1 aliphatic carbocycles. The smallest absolute Gasteiger partial charge is 0.307 e. The normalized spacial score (nSPS) is 17.5. The second kappa shape index (κ2) is 8.18. The zero-order valence-electron chi connectivity index (χ0n) is 12.4. The molecule has 0 bridgehead atoms. The first-order valence-electron chi connectivity index (χ1n) is 7.46. The number of hydrogen-bond acceptors (Lipinski definition) is 3. The molecular formula is C15H27NO3. The van der Waals surface area contributed by atoms with Crippen LogP contribution in [0.25, 0.3) is 0 Å². The van der Waals surface area contributed by atoms with Crippen LogP contribution in [0.4, 0.5) is 0 Å². The summed E-state index contributed by atoms with van der Waals surface area (Å²) >= 11 is 0. The second-order valence-electron chi connectivity index (χ2n) is 5.95. The van der Waals surface area contributed by atoms with Gasteiger partial charge in [-0.05, 0) is 32.1 Å². The largest absolute Gasteiger partial charge is 0.463 e. The van der Waals surface area contributed by atoms with E-state index in [9.17, 15) is 9.59 Å². The topological polar surface area (TPSA) is 55.4 Å². The summed E-state index contributed by atoms with van der Waals surface area (Å²) in [6.07, 6.45) is 5.36. The Morgan fingerprint density at radius 3 is 2.42 bits per heavy atom. The molecule has 1 atom stereocenters. The molecule has 110 valence electrons. The van der Waals surface area contributed by atoms with E-state index in [1.165, 1.54) is 0 Å². The Bertz CT molecular complexity index is 296. The summed E-state index contributed by atoms with van der Waals surface area (Å²) < 4.78 is 5.28. The van der Waals surface area contributed by atoms with Gasteiger partial charge in [0.15, 0.2) is 0 Å². The van der Waals surface area contributed by atoms with E-state index in [1.807, 2.05) is 6.92 Å². The SMILES string of the molecule is CC(C)C[C@@H](C)OC(=O)CCNC(=O)C1CCCC1. The Balaban J connectivity index is 2.11. The Hall–Kier alpha value is -1.06. The standard InChI is InChI=1S/C15H27NO3/c1-11(2)10-12(3)19-14(17)8-9-16-15(18)13-6-4-5-7-13/h11-13H,4-10H2,1-3H3,(H,16,18)/t12-/m1/s1. The predicted molar refractivity (Wildman–Crippen MR) is 74.6 cm³/mol. The molecule has 0 aliphatic heterocycles. The summed E-state index contributed by atoms with van der Waals surface area (Å²) in [5.41, 5.74) is 0. The van der Waals surface area contributed by atoms with Crippen LogP contribution in [0.3, 0.4) is 0 Å². The van der Waals surface area contributed by atoms with E-state index in [0.717, 1.165) is 32.1 Å². The molecule has 4 heteroatoms. The van der Waals surface area contributed by atoms with Crippen LogP contribution in [0.1, 0.15) is 59.3 Å². The lowest BCUT2D eigenvalue weighted by Gasteiger charge is -2.15. The molecule has 1 N–H and O–H groups in total. The summed E-state index contributed by atoms with van der Waals surface area (Å²) in [4.78, 5) is 23.3. The molecule has 1 fully saturated rings. The van der Waals surface area contributed by atoms with E-state index < -0.39 is 0 Å². The van der Waals surface area contributed by atoms with Gasteiger partial charge in [-0.25, -0.2) is 0 Å². The summed E-state index contributed by atoms with van der Waals surface area (Å²) in [6, 6.07) is 0. The van der Waals surface area contributed by atoms with Gasteiger partial charge >= 0.3 is 5.97 Å². The fourth-order valence-electron chi connectivity index (χ4n) is 2.62. The highest BCUT2D eigenvalue weighted by molar-refractivity contribution is 5.79. The Labute approximate surface area is 116 Å². The van der Waals surface area contributed by atoms with Gasteiger partial charge in [0, 0.05) is 12.5 Å². The van der Waals surface area contributed by atoms with Gasteiger partial charge in [-0.1, -0.05) is 26.7 Å². The minimum Gasteiger partial charge on any atom is -0.463 e. The predicted octanol–water partition coefficient (Wildman–Crippen LogP) is 2.66. The zero-order valence-corrected chi connectivity index (χ0v) is 12.4. The number of esters is 1. The zero-order chi connectivity index (χ0) is 14.3. The van der Waals surface area contributed by atoms with Crippen LogP contribution in [0.2, 0.25) is 0 Å². The average Bonchev–Trinajstić information content (AvgIpc) is 2.80. The highest BCUT2D eigenvalue weighted by atomic mass is 16.5. The fourth-order valence-corrected chi connectivity index (χ4v) is 2.62. The highest BCUT2D eigenvalue weighted by Crippen LogP contribution is 2.24. The number of hydrogen-bond donors (Lipinski definition) is 1. The van der Waals surface area contributed by atoms with Crippen molar-refractivity contribution in [3.05, 3.63) is 0 Å². The van der Waals surface area contributed by atoms with Crippen LogP contribution in [-0.4, -0.2) is 24.5 Å². The lowest BCUT2D eigenvalue weighted by atomic mass is 10.1. The van der Waals surface area contributed by atoms with E-state index in [0.29, 0.717) is 12.5 Å². The quantitative estimate of drug-likeness (QED) is 0.723. The molecule has 0 aromatic rings. The minimum absolute atomic E-state index is 0.0435. The maximum absolute atomic E-state index is 11.7. The molecule has 0 radical (unpaired) electrons. The van der Waals surface area contributed by atoms with Gasteiger partial charge in [0.1, 0.15) is 0 Å². The van der Waals surface area contributed by atoms with Crippen LogP contribution in [0.5, 0.6) is 0 Å². The van der Waals surface area contributed by atoms with Gasteiger partial charge in [0.2, 0.25) is 5.91 Å². The Morgan fingerprint density at radius 2 is 1.84 bits per heavy atom. The van der Waals surface area contributed by atoms with Crippen molar-refractivity contribution in [3.63, 3.8) is 0 Å². The van der Waals surface area contributed by atoms with Gasteiger partial charge in [-0.15, -0.1) is 0 Å². The highest BCUT2D eigenvalue weighted by Gasteiger charge is 2.22. The van der Waals surface area contributed by atoms with E-state index in [1.54, 1.807) is 0 Å². The van der Waals surface area contributed by atoms with Crippen molar-refractivity contribution in [2.24, 2.45) is 11.8 Å². The van der Waals surface area contributed by atoms with Crippen LogP contribution in [0, 0.1) is 11.8 Å². The van der Waals surface area contributed by atoms with Crippen LogP contribution < -0.4 is 5.32 Å². The van der Waals surface area contributed by atoms with Gasteiger partial charge < -0.3 is 10.1 Å². The number of carbonyl (C=O) groups is 2. The number of nitrogens with one attached hydrogen (secondary N) is 1. The molecule has 1 rings (SSSR count). The molecule has 0 spiro atoms. The fraction of sp³-hybridized carbons (Fsp3) is 0.867. The summed E-state index contributed by atoms with van der Waals surface area (Å²) in [5, 5.41) is 2.83. The number of amides is 1. The molecule has 0 aromatic carbocycles. The van der Waals surface area contributed by atoms with E-state index in [-0.39, 0.29) is 30.3 Å². The summed E-state index contributed by atoms with van der Waals surface area (Å²) in [5.74, 6) is 0.557. The van der Waals surface area contributed by atoms with Gasteiger partial charge in [-0.2, -0.15) is 0 Å². The lowest BCUT2D eigenvalue weighted by molar-refractivity contribution is -0.148. The molecule has 0 aromatic heterocycles. The lowest BCUT2D eigenvalue weighted by Crippen LogP contribution is -2.31. The van der Waals surface area contributed by atoms with Crippen LogP contribution >= 0.6 is 0 Å². The number of ether oxygens (including phenoxy) is 1. The number of rotatable bonds is 7. The summed E-state index contributed by atoms with van der Waals surface area (Å²) in [7, 11) is 0.